The molecule has 4 heteroatoms. The highest BCUT2D eigenvalue weighted by Crippen LogP contribution is 2.30. The maximum absolute atomic E-state index is 10.2. The van der Waals surface area contributed by atoms with Gasteiger partial charge in [0.1, 0.15) is 5.75 Å². The average molecular weight is 391 g/mol. The van der Waals surface area contributed by atoms with Crippen molar-refractivity contribution in [3.8, 4) is 5.75 Å². The highest BCUT2D eigenvalue weighted by atomic mass is 16.5. The topological polar surface area (TPSA) is 47.9 Å². The maximum Gasteiger partial charge on any atom is 0.118 e. The first-order chi connectivity index (χ1) is 13.7. The fourth-order valence-electron chi connectivity index (χ4n) is 3.76. The number of unbranched alkanes of at least 4 members (excludes halogenated alkanes) is 1. The number of rotatable bonds is 13. The lowest BCUT2D eigenvalue weighted by molar-refractivity contribution is -0.0855. The number of hydrogen-bond acceptors (Lipinski definition) is 4. The Labute approximate surface area is 170 Å². The van der Waals surface area contributed by atoms with Crippen LogP contribution in [0.3, 0.4) is 0 Å². The molecule has 0 saturated carbocycles. The molecule has 4 nitrogen and oxygen atoms in total. The van der Waals surface area contributed by atoms with Crippen LogP contribution < -0.4 is 4.74 Å². The molecule has 28 heavy (non-hydrogen) atoms. The molecule has 1 fully saturated rings. The van der Waals surface area contributed by atoms with Crippen molar-refractivity contribution in [3.05, 3.63) is 42.0 Å². The first-order valence-electron chi connectivity index (χ1n) is 10.9. The zero-order chi connectivity index (χ0) is 20.2. The van der Waals surface area contributed by atoms with Gasteiger partial charge < -0.3 is 19.3 Å². The first-order valence-corrected chi connectivity index (χ1v) is 10.9. The molecule has 1 N–H and O–H groups in total. The second-order valence-electron chi connectivity index (χ2n) is 7.75. The molecule has 0 aliphatic carbocycles. The standard InChI is InChI=1S/C24H38O4/c1-4-6-8-9-20(25)17-22-15-16-24(28-22)23(10-7-5-2)27-18-19-11-13-21(26-3)14-12-19/h4,6,11-14,20,22-25H,5,7-10,15-18H2,1-3H3/b6-4-/t20-,22-,23-,24-/m1/s1. The molecule has 4 atom stereocenters. The van der Waals surface area contributed by atoms with Crippen LogP contribution in [0.4, 0.5) is 0 Å². The van der Waals surface area contributed by atoms with Crippen LogP contribution in [0.25, 0.3) is 0 Å². The fourth-order valence-corrected chi connectivity index (χ4v) is 3.76. The lowest BCUT2D eigenvalue weighted by atomic mass is 10.0. The number of hydrogen-bond donors (Lipinski definition) is 1. The minimum atomic E-state index is -0.283. The summed E-state index contributed by atoms with van der Waals surface area (Å²) in [6.45, 7) is 4.81. The Kier molecular flexibility index (Phi) is 10.6. The van der Waals surface area contributed by atoms with Gasteiger partial charge in [-0.2, -0.15) is 0 Å². The van der Waals surface area contributed by atoms with Gasteiger partial charge in [0.25, 0.3) is 0 Å². The number of benzene rings is 1. The van der Waals surface area contributed by atoms with E-state index in [0.717, 1.165) is 62.7 Å². The number of aliphatic hydroxyl groups excluding tert-OH is 1. The van der Waals surface area contributed by atoms with Gasteiger partial charge in [-0.25, -0.2) is 0 Å². The minimum absolute atomic E-state index is 0.118. The number of aliphatic hydroxyl groups is 1. The predicted octanol–water partition coefficient (Wildman–Crippen LogP) is 5.43. The summed E-state index contributed by atoms with van der Waals surface area (Å²) < 4.78 is 17.8. The second kappa shape index (κ2) is 13.0. The van der Waals surface area contributed by atoms with Crippen LogP contribution in [-0.2, 0) is 16.1 Å². The van der Waals surface area contributed by atoms with E-state index in [1.807, 2.05) is 25.1 Å². The summed E-state index contributed by atoms with van der Waals surface area (Å²) >= 11 is 0. The molecule has 1 heterocycles. The molecule has 0 unspecified atom stereocenters. The van der Waals surface area contributed by atoms with Crippen molar-refractivity contribution in [2.75, 3.05) is 7.11 Å². The Morgan fingerprint density at radius 3 is 2.68 bits per heavy atom. The molecular weight excluding hydrogens is 352 g/mol. The van der Waals surface area contributed by atoms with Gasteiger partial charge in [-0.1, -0.05) is 44.1 Å². The summed E-state index contributed by atoms with van der Waals surface area (Å²) in [6, 6.07) is 8.04. The largest absolute Gasteiger partial charge is 0.497 e. The minimum Gasteiger partial charge on any atom is -0.497 e. The van der Waals surface area contributed by atoms with Crippen LogP contribution in [0, 0.1) is 0 Å². The van der Waals surface area contributed by atoms with E-state index in [-0.39, 0.29) is 24.4 Å². The Bertz CT molecular complexity index is 554. The van der Waals surface area contributed by atoms with E-state index in [2.05, 4.69) is 25.1 Å². The Hall–Kier alpha value is -1.36. The predicted molar refractivity (Wildman–Crippen MR) is 114 cm³/mol. The van der Waals surface area contributed by atoms with Crippen LogP contribution in [0.5, 0.6) is 5.75 Å². The van der Waals surface area contributed by atoms with E-state index in [1.165, 1.54) is 0 Å². The number of allylic oxidation sites excluding steroid dienone is 2. The summed E-state index contributed by atoms with van der Waals surface area (Å²) in [4.78, 5) is 0. The Morgan fingerprint density at radius 1 is 1.21 bits per heavy atom. The third-order valence-electron chi connectivity index (χ3n) is 5.46. The smallest absolute Gasteiger partial charge is 0.118 e. The Morgan fingerprint density at radius 2 is 2.00 bits per heavy atom. The summed E-state index contributed by atoms with van der Waals surface area (Å²) in [5.74, 6) is 0.862. The molecule has 0 radical (unpaired) electrons. The average Bonchev–Trinajstić information content (AvgIpc) is 3.17. The van der Waals surface area contributed by atoms with Crippen molar-refractivity contribution in [1.82, 2.24) is 0 Å². The van der Waals surface area contributed by atoms with E-state index in [0.29, 0.717) is 6.61 Å². The van der Waals surface area contributed by atoms with E-state index >= 15 is 0 Å². The van der Waals surface area contributed by atoms with Gasteiger partial charge in [-0.15, -0.1) is 0 Å². The third-order valence-corrected chi connectivity index (χ3v) is 5.46. The van der Waals surface area contributed by atoms with Gasteiger partial charge in [0.15, 0.2) is 0 Å². The SMILES string of the molecule is C/C=C\CC[C@@H](O)C[C@H]1CC[C@H]([C@@H](CCCC)OCc2ccc(OC)cc2)O1. The van der Waals surface area contributed by atoms with E-state index in [1.54, 1.807) is 7.11 Å². The monoisotopic (exact) mass is 390 g/mol. The quantitative estimate of drug-likeness (QED) is 0.457. The highest BCUT2D eigenvalue weighted by Gasteiger charge is 2.32. The molecule has 0 bridgehead atoms. The van der Waals surface area contributed by atoms with Gasteiger partial charge in [0.2, 0.25) is 0 Å². The molecular formula is C24H38O4. The van der Waals surface area contributed by atoms with Gasteiger partial charge in [0, 0.05) is 0 Å². The van der Waals surface area contributed by atoms with Crippen LogP contribution in [-0.4, -0.2) is 36.6 Å². The summed E-state index contributed by atoms with van der Waals surface area (Å²) in [5.41, 5.74) is 1.15. The van der Waals surface area contributed by atoms with Crippen molar-refractivity contribution in [2.24, 2.45) is 0 Å². The molecule has 0 amide bonds. The maximum atomic E-state index is 10.2. The van der Waals surface area contributed by atoms with Crippen LogP contribution in [0.1, 0.15) is 70.8 Å². The van der Waals surface area contributed by atoms with Gasteiger partial charge in [0.05, 0.1) is 38.1 Å². The van der Waals surface area contributed by atoms with Crippen molar-refractivity contribution < 1.29 is 19.3 Å². The van der Waals surface area contributed by atoms with Gasteiger partial charge in [-0.3, -0.25) is 0 Å². The van der Waals surface area contributed by atoms with Gasteiger partial charge >= 0.3 is 0 Å². The molecule has 0 spiro atoms. The van der Waals surface area contributed by atoms with Crippen molar-refractivity contribution >= 4 is 0 Å². The number of ether oxygens (including phenoxy) is 3. The lowest BCUT2D eigenvalue weighted by Crippen LogP contribution is -2.30. The van der Waals surface area contributed by atoms with Crippen molar-refractivity contribution in [2.45, 2.75) is 96.2 Å². The molecule has 1 aliphatic heterocycles. The highest BCUT2D eigenvalue weighted by molar-refractivity contribution is 5.26. The molecule has 158 valence electrons. The molecule has 1 aromatic rings. The summed E-state index contributed by atoms with van der Waals surface area (Å²) in [6.07, 6.45) is 12.1. The molecule has 1 saturated heterocycles. The van der Waals surface area contributed by atoms with Gasteiger partial charge in [-0.05, 0) is 63.1 Å². The van der Waals surface area contributed by atoms with E-state index in [9.17, 15) is 5.11 Å². The van der Waals surface area contributed by atoms with Crippen LogP contribution >= 0.6 is 0 Å². The first kappa shape index (κ1) is 22.9. The zero-order valence-electron chi connectivity index (χ0n) is 17.8. The fraction of sp³-hybridized carbons (Fsp3) is 0.667. The molecule has 0 aromatic heterocycles. The lowest BCUT2D eigenvalue weighted by Gasteiger charge is -2.25. The second-order valence-corrected chi connectivity index (χ2v) is 7.75. The third kappa shape index (κ3) is 7.94. The van der Waals surface area contributed by atoms with E-state index < -0.39 is 0 Å². The normalized spacial score (nSPS) is 21.9. The molecule has 1 aromatic carbocycles. The zero-order valence-corrected chi connectivity index (χ0v) is 17.8. The number of methoxy groups -OCH3 is 1. The molecule has 1 aliphatic rings. The Balaban J connectivity index is 1.82. The summed E-state index contributed by atoms with van der Waals surface area (Å²) in [5, 5.41) is 10.2. The van der Waals surface area contributed by atoms with Crippen LogP contribution in [0.15, 0.2) is 36.4 Å². The summed E-state index contributed by atoms with van der Waals surface area (Å²) in [7, 11) is 1.68. The van der Waals surface area contributed by atoms with Crippen molar-refractivity contribution in [3.63, 3.8) is 0 Å². The molecule has 2 rings (SSSR count). The van der Waals surface area contributed by atoms with Crippen molar-refractivity contribution in [1.29, 1.82) is 0 Å². The van der Waals surface area contributed by atoms with E-state index in [4.69, 9.17) is 14.2 Å². The van der Waals surface area contributed by atoms with Crippen LogP contribution in [0.2, 0.25) is 0 Å².